The molecule has 0 aromatic heterocycles. The fourth-order valence-corrected chi connectivity index (χ4v) is 5.46. The predicted molar refractivity (Wildman–Crippen MR) is 114 cm³/mol. The van der Waals surface area contributed by atoms with Crippen LogP contribution in [0.5, 0.6) is 0 Å². The quantitative estimate of drug-likeness (QED) is 0.762. The summed E-state index contributed by atoms with van der Waals surface area (Å²) in [4.78, 5) is 39.0. The summed E-state index contributed by atoms with van der Waals surface area (Å²) in [6.07, 6.45) is 1.60. The zero-order chi connectivity index (χ0) is 21.6. The number of carbonyl (C=O) groups is 3. The Kier molecular flexibility index (Phi) is 4.80. The maximum absolute atomic E-state index is 13.3. The number of hydrogen-bond donors (Lipinski definition) is 2. The van der Waals surface area contributed by atoms with Gasteiger partial charge in [-0.1, -0.05) is 81.4 Å². The lowest BCUT2D eigenvalue weighted by atomic mass is 9.64. The van der Waals surface area contributed by atoms with Crippen LogP contribution in [0, 0.1) is 16.2 Å². The topological polar surface area (TPSA) is 75.3 Å². The van der Waals surface area contributed by atoms with Crippen molar-refractivity contribution in [3.8, 4) is 0 Å². The second kappa shape index (κ2) is 7.08. The van der Waals surface area contributed by atoms with Crippen LogP contribution in [0.4, 0.5) is 0 Å². The van der Waals surface area contributed by atoms with Crippen molar-refractivity contribution in [2.45, 2.75) is 46.0 Å². The van der Waals surface area contributed by atoms with Gasteiger partial charge in [0.2, 0.25) is 11.8 Å². The average Bonchev–Trinajstić information content (AvgIpc) is 3.04. The van der Waals surface area contributed by atoms with Gasteiger partial charge in [0, 0.05) is 11.8 Å². The molecule has 0 heterocycles. The molecular formula is C25H28N2O3. The van der Waals surface area contributed by atoms with E-state index < -0.39 is 22.2 Å². The molecular weight excluding hydrogens is 376 g/mol. The summed E-state index contributed by atoms with van der Waals surface area (Å²) >= 11 is 0. The molecule has 2 saturated carbocycles. The summed E-state index contributed by atoms with van der Waals surface area (Å²) < 4.78 is 0. The lowest BCUT2D eigenvalue weighted by Crippen LogP contribution is -2.53. The van der Waals surface area contributed by atoms with E-state index in [0.29, 0.717) is 12.8 Å². The van der Waals surface area contributed by atoms with Gasteiger partial charge in [-0.25, -0.2) is 0 Å². The molecule has 0 radical (unpaired) electrons. The number of Topliss-reactive ketones (excluding diaryl/α,β-unsaturated/α-hetero) is 1. The fraction of sp³-hybridized carbons (Fsp3) is 0.400. The Labute approximate surface area is 177 Å². The van der Waals surface area contributed by atoms with Crippen LogP contribution >= 0.6 is 0 Å². The predicted octanol–water partition coefficient (Wildman–Crippen LogP) is 3.75. The van der Waals surface area contributed by atoms with Crippen molar-refractivity contribution >= 4 is 17.6 Å². The highest BCUT2D eigenvalue weighted by Crippen LogP contribution is 2.70. The van der Waals surface area contributed by atoms with Crippen LogP contribution in [-0.4, -0.2) is 17.6 Å². The molecule has 0 saturated heterocycles. The number of fused-ring (bicyclic) bond motifs is 2. The molecule has 2 N–H and O–H groups in total. The first-order chi connectivity index (χ1) is 14.2. The van der Waals surface area contributed by atoms with Gasteiger partial charge in [-0.15, -0.1) is 0 Å². The van der Waals surface area contributed by atoms with E-state index >= 15 is 0 Å². The van der Waals surface area contributed by atoms with Crippen molar-refractivity contribution in [1.29, 1.82) is 0 Å². The van der Waals surface area contributed by atoms with E-state index in [2.05, 4.69) is 10.9 Å². The third-order valence-corrected chi connectivity index (χ3v) is 7.97. The molecule has 2 aliphatic rings. The maximum atomic E-state index is 13.3. The highest BCUT2D eigenvalue weighted by molar-refractivity contribution is 6.00. The Morgan fingerprint density at radius 1 is 0.833 bits per heavy atom. The van der Waals surface area contributed by atoms with Crippen molar-refractivity contribution < 1.29 is 14.4 Å². The molecule has 156 valence electrons. The molecule has 2 bridgehead atoms. The van der Waals surface area contributed by atoms with E-state index in [0.717, 1.165) is 11.1 Å². The smallest absolute Gasteiger partial charge is 0.250 e. The molecule has 2 unspecified atom stereocenters. The number of benzene rings is 2. The van der Waals surface area contributed by atoms with Gasteiger partial charge < -0.3 is 0 Å². The van der Waals surface area contributed by atoms with Crippen molar-refractivity contribution in [3.05, 3.63) is 71.8 Å². The monoisotopic (exact) mass is 404 g/mol. The minimum absolute atomic E-state index is 0.145. The minimum Gasteiger partial charge on any atom is -0.299 e. The van der Waals surface area contributed by atoms with Crippen molar-refractivity contribution in [2.24, 2.45) is 16.2 Å². The molecule has 2 atom stereocenters. The standard InChI is InChI=1S/C25H28N2O3/c1-23(2)24(3)14-15-25(23,16-19(24)28)22(30)27-26-21(29)20(17-10-6-4-7-11-17)18-12-8-5-9-13-18/h4-13,20H,14-16H2,1-3H3,(H,26,29)(H,27,30). The molecule has 2 aliphatic carbocycles. The summed E-state index contributed by atoms with van der Waals surface area (Å²) in [5.41, 5.74) is 5.29. The van der Waals surface area contributed by atoms with Gasteiger partial charge in [-0.3, -0.25) is 25.2 Å². The average molecular weight is 405 g/mol. The zero-order valence-corrected chi connectivity index (χ0v) is 17.7. The molecule has 5 heteroatoms. The lowest BCUT2D eigenvalue weighted by molar-refractivity contribution is -0.140. The number of hydrogen-bond acceptors (Lipinski definition) is 3. The fourth-order valence-electron chi connectivity index (χ4n) is 5.46. The number of amides is 2. The van der Waals surface area contributed by atoms with Crippen molar-refractivity contribution in [2.75, 3.05) is 0 Å². The van der Waals surface area contributed by atoms with Crippen LogP contribution in [-0.2, 0) is 14.4 Å². The second-order valence-corrected chi connectivity index (χ2v) is 9.34. The van der Waals surface area contributed by atoms with Crippen LogP contribution < -0.4 is 10.9 Å². The van der Waals surface area contributed by atoms with Gasteiger partial charge in [-0.05, 0) is 29.4 Å². The highest BCUT2D eigenvalue weighted by atomic mass is 16.2. The van der Waals surface area contributed by atoms with Crippen LogP contribution in [0.15, 0.2) is 60.7 Å². The summed E-state index contributed by atoms with van der Waals surface area (Å²) in [5, 5.41) is 0. The third kappa shape index (κ3) is 2.79. The molecule has 2 aromatic carbocycles. The number of hydrazine groups is 1. The van der Waals surface area contributed by atoms with Crippen molar-refractivity contribution in [3.63, 3.8) is 0 Å². The van der Waals surface area contributed by atoms with E-state index in [9.17, 15) is 14.4 Å². The van der Waals surface area contributed by atoms with Crippen LogP contribution in [0.1, 0.15) is 57.1 Å². The largest absolute Gasteiger partial charge is 0.299 e. The van der Waals surface area contributed by atoms with Crippen molar-refractivity contribution in [1.82, 2.24) is 10.9 Å². The summed E-state index contributed by atoms with van der Waals surface area (Å²) in [6, 6.07) is 19.0. The molecule has 2 amide bonds. The van der Waals surface area contributed by atoms with Gasteiger partial charge >= 0.3 is 0 Å². The van der Waals surface area contributed by atoms with Gasteiger partial charge in [-0.2, -0.15) is 0 Å². The first kappa shape index (κ1) is 20.3. The molecule has 0 spiro atoms. The van der Waals surface area contributed by atoms with E-state index in [1.807, 2.05) is 81.4 Å². The Bertz CT molecular complexity index is 946. The van der Waals surface area contributed by atoms with Gasteiger partial charge in [0.25, 0.3) is 0 Å². The van der Waals surface area contributed by atoms with Crippen LogP contribution in [0.25, 0.3) is 0 Å². The summed E-state index contributed by atoms with van der Waals surface area (Å²) in [6.45, 7) is 5.98. The number of ketones is 1. The zero-order valence-electron chi connectivity index (χ0n) is 17.7. The molecule has 30 heavy (non-hydrogen) atoms. The molecule has 5 nitrogen and oxygen atoms in total. The van der Waals surface area contributed by atoms with E-state index in [1.165, 1.54) is 0 Å². The van der Waals surface area contributed by atoms with E-state index in [1.54, 1.807) is 0 Å². The van der Waals surface area contributed by atoms with Gasteiger partial charge in [0.05, 0.1) is 11.3 Å². The van der Waals surface area contributed by atoms with Crippen LogP contribution in [0.2, 0.25) is 0 Å². The Balaban J connectivity index is 1.55. The van der Waals surface area contributed by atoms with Gasteiger partial charge in [0.1, 0.15) is 5.78 Å². The summed E-state index contributed by atoms with van der Waals surface area (Å²) in [7, 11) is 0. The molecule has 2 fully saturated rings. The normalized spacial score (nSPS) is 26.6. The number of nitrogens with one attached hydrogen (secondary N) is 2. The Morgan fingerprint density at radius 3 is 1.80 bits per heavy atom. The third-order valence-electron chi connectivity index (χ3n) is 7.97. The SMILES string of the molecule is CC12CCC(C(=O)NNC(=O)C(c3ccccc3)c3ccccc3)(CC1=O)C2(C)C. The first-order valence-corrected chi connectivity index (χ1v) is 10.5. The van der Waals surface area contributed by atoms with E-state index in [-0.39, 0.29) is 24.0 Å². The van der Waals surface area contributed by atoms with E-state index in [4.69, 9.17) is 0 Å². The molecule has 0 aliphatic heterocycles. The van der Waals surface area contributed by atoms with Crippen LogP contribution in [0.3, 0.4) is 0 Å². The Morgan fingerprint density at radius 2 is 1.37 bits per heavy atom. The Hall–Kier alpha value is -2.95. The first-order valence-electron chi connectivity index (χ1n) is 10.5. The lowest BCUT2D eigenvalue weighted by Gasteiger charge is -2.38. The number of rotatable bonds is 4. The minimum atomic E-state index is -0.777. The highest BCUT2D eigenvalue weighted by Gasteiger charge is 2.72. The molecule has 2 aromatic rings. The second-order valence-electron chi connectivity index (χ2n) is 9.34. The maximum Gasteiger partial charge on any atom is 0.250 e. The van der Waals surface area contributed by atoms with Gasteiger partial charge in [0.15, 0.2) is 0 Å². The molecule has 4 rings (SSSR count). The number of carbonyl (C=O) groups excluding carboxylic acids is 3. The summed E-state index contributed by atoms with van der Waals surface area (Å²) in [5.74, 6) is -0.973.